The molecule has 0 saturated carbocycles. The summed E-state index contributed by atoms with van der Waals surface area (Å²) < 4.78 is 35.0. The summed E-state index contributed by atoms with van der Waals surface area (Å²) in [6, 6.07) is 0. The zero-order valence-corrected chi connectivity index (χ0v) is 8.74. The molecule has 0 bridgehead atoms. The molecule has 0 saturated heterocycles. The molecule has 0 aliphatic carbocycles. The van der Waals surface area contributed by atoms with Crippen LogP contribution in [0.2, 0.25) is 0 Å². The summed E-state index contributed by atoms with van der Waals surface area (Å²) >= 11 is 0. The number of hydrogen-bond donors (Lipinski definition) is 2. The number of carbonyl (C=O) groups excluding carboxylic acids is 1. The molecule has 0 aromatic heterocycles. The van der Waals surface area contributed by atoms with E-state index in [4.69, 9.17) is 0 Å². The first-order chi connectivity index (χ1) is 6.81. The average molecular weight is 224 g/mol. The van der Waals surface area contributed by atoms with Gasteiger partial charge in [0.15, 0.2) is 0 Å². The fourth-order valence-corrected chi connectivity index (χ4v) is 0.749. The number of alkyl halides is 3. The Labute approximate surface area is 86.7 Å². The highest BCUT2D eigenvalue weighted by atomic mass is 19.4. The molecular formula is C9H15F3N2O. The van der Waals surface area contributed by atoms with E-state index in [0.29, 0.717) is 6.54 Å². The number of rotatable bonds is 5. The van der Waals surface area contributed by atoms with Crippen molar-refractivity contribution < 1.29 is 18.0 Å². The van der Waals surface area contributed by atoms with E-state index in [1.54, 1.807) is 6.08 Å². The van der Waals surface area contributed by atoms with Crippen molar-refractivity contribution in [3.63, 3.8) is 0 Å². The van der Waals surface area contributed by atoms with Gasteiger partial charge < -0.3 is 10.6 Å². The van der Waals surface area contributed by atoms with Gasteiger partial charge in [0.2, 0.25) is 5.91 Å². The number of carbonyl (C=O) groups is 1. The molecule has 0 aliphatic rings. The Morgan fingerprint density at radius 3 is 2.40 bits per heavy atom. The SMILES string of the molecule is CC(C)=CCNC(=O)CNCC(F)(F)F. The maximum absolute atomic E-state index is 11.7. The molecule has 6 heteroatoms. The molecule has 88 valence electrons. The number of allylic oxidation sites excluding steroid dienone is 1. The molecular weight excluding hydrogens is 209 g/mol. The molecule has 1 amide bonds. The molecule has 3 nitrogen and oxygen atoms in total. The summed E-state index contributed by atoms with van der Waals surface area (Å²) in [5, 5.41) is 4.46. The molecule has 0 unspecified atom stereocenters. The minimum atomic E-state index is -4.28. The third-order valence-electron chi connectivity index (χ3n) is 1.42. The van der Waals surface area contributed by atoms with E-state index in [1.807, 2.05) is 19.2 Å². The molecule has 0 aromatic rings. The number of nitrogens with one attached hydrogen (secondary N) is 2. The second-order valence-electron chi connectivity index (χ2n) is 3.30. The average Bonchev–Trinajstić information content (AvgIpc) is 2.00. The summed E-state index contributed by atoms with van der Waals surface area (Å²) in [7, 11) is 0. The van der Waals surface area contributed by atoms with Crippen LogP contribution in [-0.4, -0.2) is 31.7 Å². The zero-order chi connectivity index (χ0) is 11.9. The minimum Gasteiger partial charge on any atom is -0.352 e. The highest BCUT2D eigenvalue weighted by molar-refractivity contribution is 5.78. The summed E-state index contributed by atoms with van der Waals surface area (Å²) in [5.41, 5.74) is 1.04. The van der Waals surface area contributed by atoms with Crippen molar-refractivity contribution in [1.82, 2.24) is 10.6 Å². The third kappa shape index (κ3) is 10.9. The van der Waals surface area contributed by atoms with Crippen molar-refractivity contribution in [3.05, 3.63) is 11.6 Å². The van der Waals surface area contributed by atoms with Crippen molar-refractivity contribution in [2.45, 2.75) is 20.0 Å². The van der Waals surface area contributed by atoms with Gasteiger partial charge in [0, 0.05) is 6.54 Å². The van der Waals surface area contributed by atoms with Crippen LogP contribution < -0.4 is 10.6 Å². The van der Waals surface area contributed by atoms with Crippen molar-refractivity contribution >= 4 is 5.91 Å². The number of amides is 1. The van der Waals surface area contributed by atoms with Crippen LogP contribution in [0.4, 0.5) is 13.2 Å². The van der Waals surface area contributed by atoms with Crippen molar-refractivity contribution in [2.75, 3.05) is 19.6 Å². The first-order valence-electron chi connectivity index (χ1n) is 4.49. The second-order valence-corrected chi connectivity index (χ2v) is 3.30. The highest BCUT2D eigenvalue weighted by Crippen LogP contribution is 2.11. The summed E-state index contributed by atoms with van der Waals surface area (Å²) in [6.45, 7) is 2.61. The maximum Gasteiger partial charge on any atom is 0.401 e. The van der Waals surface area contributed by atoms with Gasteiger partial charge in [-0.3, -0.25) is 4.79 Å². The van der Waals surface area contributed by atoms with Gasteiger partial charge in [-0.2, -0.15) is 13.2 Å². The van der Waals surface area contributed by atoms with Crippen LogP contribution in [0, 0.1) is 0 Å². The van der Waals surface area contributed by atoms with Crippen LogP contribution in [0.15, 0.2) is 11.6 Å². The van der Waals surface area contributed by atoms with Gasteiger partial charge in [0.25, 0.3) is 0 Å². The Bertz CT molecular complexity index is 232. The Balaban J connectivity index is 3.55. The fraction of sp³-hybridized carbons (Fsp3) is 0.667. The monoisotopic (exact) mass is 224 g/mol. The molecule has 0 aliphatic heterocycles. The van der Waals surface area contributed by atoms with E-state index in [9.17, 15) is 18.0 Å². The van der Waals surface area contributed by atoms with Gasteiger partial charge in [0.1, 0.15) is 0 Å². The normalized spacial score (nSPS) is 11.0. The van der Waals surface area contributed by atoms with Crippen LogP contribution in [-0.2, 0) is 4.79 Å². The maximum atomic E-state index is 11.7. The topological polar surface area (TPSA) is 41.1 Å². The van der Waals surface area contributed by atoms with Crippen LogP contribution in [0.3, 0.4) is 0 Å². The Hall–Kier alpha value is -1.04. The number of halogens is 3. The standard InChI is InChI=1S/C9H15F3N2O/c1-7(2)3-4-14-8(15)5-13-6-9(10,11)12/h3,13H,4-6H2,1-2H3,(H,14,15). The van der Waals surface area contributed by atoms with Crippen molar-refractivity contribution in [1.29, 1.82) is 0 Å². The Morgan fingerprint density at radius 1 is 1.33 bits per heavy atom. The molecule has 0 fully saturated rings. The first-order valence-corrected chi connectivity index (χ1v) is 4.49. The number of hydrogen-bond acceptors (Lipinski definition) is 2. The molecule has 15 heavy (non-hydrogen) atoms. The molecule has 0 rings (SSSR count). The largest absolute Gasteiger partial charge is 0.401 e. The lowest BCUT2D eigenvalue weighted by Crippen LogP contribution is -2.38. The summed E-state index contributed by atoms with van der Waals surface area (Å²) in [5.74, 6) is -0.447. The zero-order valence-electron chi connectivity index (χ0n) is 8.74. The van der Waals surface area contributed by atoms with Crippen LogP contribution in [0.1, 0.15) is 13.8 Å². The van der Waals surface area contributed by atoms with Crippen molar-refractivity contribution in [2.24, 2.45) is 0 Å². The molecule has 0 atom stereocenters. The molecule has 0 aromatic carbocycles. The van der Waals surface area contributed by atoms with Crippen molar-refractivity contribution in [3.8, 4) is 0 Å². The first kappa shape index (κ1) is 14.0. The van der Waals surface area contributed by atoms with E-state index in [-0.39, 0.29) is 6.54 Å². The lowest BCUT2D eigenvalue weighted by Gasteiger charge is -2.07. The summed E-state index contributed by atoms with van der Waals surface area (Å²) in [4.78, 5) is 10.9. The van der Waals surface area contributed by atoms with E-state index in [1.165, 1.54) is 0 Å². The second kappa shape index (κ2) is 6.44. The lowest BCUT2D eigenvalue weighted by molar-refractivity contribution is -0.128. The van der Waals surface area contributed by atoms with E-state index >= 15 is 0 Å². The van der Waals surface area contributed by atoms with E-state index < -0.39 is 18.6 Å². The molecule has 0 heterocycles. The van der Waals surface area contributed by atoms with E-state index in [2.05, 4.69) is 5.32 Å². The molecule has 2 N–H and O–H groups in total. The molecule has 0 spiro atoms. The van der Waals surface area contributed by atoms with Crippen LogP contribution in [0.5, 0.6) is 0 Å². The van der Waals surface area contributed by atoms with Gasteiger partial charge in [-0.25, -0.2) is 0 Å². The smallest absolute Gasteiger partial charge is 0.352 e. The quantitative estimate of drug-likeness (QED) is 0.689. The third-order valence-corrected chi connectivity index (χ3v) is 1.42. The van der Waals surface area contributed by atoms with Gasteiger partial charge in [-0.05, 0) is 13.8 Å². The predicted molar refractivity (Wildman–Crippen MR) is 51.4 cm³/mol. The fourth-order valence-electron chi connectivity index (χ4n) is 0.749. The highest BCUT2D eigenvalue weighted by Gasteiger charge is 2.26. The Morgan fingerprint density at radius 2 is 1.93 bits per heavy atom. The van der Waals surface area contributed by atoms with Crippen LogP contribution >= 0.6 is 0 Å². The van der Waals surface area contributed by atoms with Crippen LogP contribution in [0.25, 0.3) is 0 Å². The minimum absolute atomic E-state index is 0.323. The Kier molecular flexibility index (Phi) is 6.00. The van der Waals surface area contributed by atoms with Gasteiger partial charge in [-0.1, -0.05) is 11.6 Å². The lowest BCUT2D eigenvalue weighted by atomic mass is 10.3. The summed E-state index contributed by atoms with van der Waals surface area (Å²) in [6.07, 6.45) is -2.50. The van der Waals surface area contributed by atoms with Gasteiger partial charge in [-0.15, -0.1) is 0 Å². The van der Waals surface area contributed by atoms with Gasteiger partial charge >= 0.3 is 6.18 Å². The molecule has 0 radical (unpaired) electrons. The van der Waals surface area contributed by atoms with Gasteiger partial charge in [0.05, 0.1) is 13.1 Å². The predicted octanol–water partition coefficient (Wildman–Crippen LogP) is 1.22. The van der Waals surface area contributed by atoms with E-state index in [0.717, 1.165) is 5.57 Å².